The molecule has 1 N–H and O–H groups in total. The molecule has 5 rings (SSSR count). The molecule has 180 valence electrons. The Kier molecular flexibility index (Phi) is 6.32. The number of fused-ring (bicyclic) bond motifs is 1. The molecule has 1 unspecified atom stereocenters. The summed E-state index contributed by atoms with van der Waals surface area (Å²) in [5, 5.41) is 3.02. The summed E-state index contributed by atoms with van der Waals surface area (Å²) in [6.45, 7) is 10.9. The predicted octanol–water partition coefficient (Wildman–Crippen LogP) is 2.90. The number of ether oxygens (including phenoxy) is 2. The number of hydrogen-bond acceptors (Lipinski definition) is 6. The molecule has 8 nitrogen and oxygen atoms in total. The van der Waals surface area contributed by atoms with E-state index in [-0.39, 0.29) is 18.2 Å². The zero-order chi connectivity index (χ0) is 23.7. The van der Waals surface area contributed by atoms with Gasteiger partial charge in [-0.05, 0) is 49.4 Å². The quantitative estimate of drug-likeness (QED) is 0.734. The van der Waals surface area contributed by atoms with Gasteiger partial charge in [0.05, 0.1) is 5.92 Å². The monoisotopic (exact) mass is 464 g/mol. The lowest BCUT2D eigenvalue weighted by molar-refractivity contribution is -0.122. The van der Waals surface area contributed by atoms with Gasteiger partial charge in [-0.1, -0.05) is 6.92 Å². The Hall–Kier alpha value is -3.26. The highest BCUT2D eigenvalue weighted by atomic mass is 16.6. The number of nitrogens with zero attached hydrogens (tertiary/aromatic N) is 3. The van der Waals surface area contributed by atoms with E-state index in [0.29, 0.717) is 31.3 Å². The maximum atomic E-state index is 13.0. The van der Waals surface area contributed by atoms with Crippen LogP contribution in [0.4, 0.5) is 17.1 Å². The molecule has 1 atom stereocenters. The van der Waals surface area contributed by atoms with Crippen molar-refractivity contribution in [1.82, 2.24) is 4.90 Å². The summed E-state index contributed by atoms with van der Waals surface area (Å²) in [6, 6.07) is 11.5. The third-order valence-electron chi connectivity index (χ3n) is 6.96. The molecule has 0 aromatic heterocycles. The number of amides is 2. The molecule has 2 amide bonds. The Morgan fingerprint density at radius 3 is 2.53 bits per heavy atom. The van der Waals surface area contributed by atoms with Crippen LogP contribution in [0.15, 0.2) is 36.4 Å². The summed E-state index contributed by atoms with van der Waals surface area (Å²) >= 11 is 0. The van der Waals surface area contributed by atoms with Crippen LogP contribution in [-0.2, 0) is 9.59 Å². The van der Waals surface area contributed by atoms with E-state index in [9.17, 15) is 9.59 Å². The van der Waals surface area contributed by atoms with Crippen molar-refractivity contribution in [2.75, 3.05) is 67.6 Å². The highest BCUT2D eigenvalue weighted by Gasteiger charge is 2.35. The third kappa shape index (κ3) is 4.55. The van der Waals surface area contributed by atoms with Gasteiger partial charge in [0.15, 0.2) is 11.5 Å². The normalized spacial score (nSPS) is 20.5. The second kappa shape index (κ2) is 9.54. The largest absolute Gasteiger partial charge is 0.486 e. The summed E-state index contributed by atoms with van der Waals surface area (Å²) in [7, 11) is 0. The first-order valence-corrected chi connectivity index (χ1v) is 12.1. The van der Waals surface area contributed by atoms with E-state index in [1.165, 1.54) is 5.69 Å². The van der Waals surface area contributed by atoms with Crippen LogP contribution in [0.25, 0.3) is 0 Å². The molecule has 2 aromatic carbocycles. The average Bonchev–Trinajstić information content (AvgIpc) is 3.26. The van der Waals surface area contributed by atoms with Crippen molar-refractivity contribution in [2.24, 2.45) is 5.92 Å². The first-order valence-electron chi connectivity index (χ1n) is 12.1. The third-order valence-corrected chi connectivity index (χ3v) is 6.96. The lowest BCUT2D eigenvalue weighted by Gasteiger charge is -2.36. The van der Waals surface area contributed by atoms with Crippen LogP contribution >= 0.6 is 0 Å². The average molecular weight is 465 g/mol. The molecule has 0 aliphatic carbocycles. The van der Waals surface area contributed by atoms with Gasteiger partial charge in [-0.2, -0.15) is 0 Å². The van der Waals surface area contributed by atoms with Gasteiger partial charge in [0.2, 0.25) is 11.8 Å². The van der Waals surface area contributed by atoms with Gasteiger partial charge in [0.25, 0.3) is 0 Å². The maximum absolute atomic E-state index is 13.0. The lowest BCUT2D eigenvalue weighted by atomic mass is 10.1. The molecule has 0 radical (unpaired) electrons. The Labute approximate surface area is 200 Å². The summed E-state index contributed by atoms with van der Waals surface area (Å²) in [5.74, 6) is 0.729. The molecule has 3 aliphatic rings. The second-order valence-corrected chi connectivity index (χ2v) is 9.15. The minimum Gasteiger partial charge on any atom is -0.486 e. The number of rotatable bonds is 5. The number of carbonyl (C=O) groups excluding carboxylic acids is 2. The van der Waals surface area contributed by atoms with Crippen LogP contribution < -0.4 is 24.6 Å². The van der Waals surface area contributed by atoms with Crippen molar-refractivity contribution >= 4 is 28.9 Å². The van der Waals surface area contributed by atoms with Crippen LogP contribution in [0, 0.1) is 12.8 Å². The van der Waals surface area contributed by atoms with E-state index in [1.807, 2.05) is 30.3 Å². The zero-order valence-electron chi connectivity index (χ0n) is 19.9. The van der Waals surface area contributed by atoms with Crippen molar-refractivity contribution in [3.63, 3.8) is 0 Å². The Bertz CT molecular complexity index is 1080. The summed E-state index contributed by atoms with van der Waals surface area (Å²) < 4.78 is 11.2. The molecule has 0 spiro atoms. The number of nitrogens with one attached hydrogen (secondary N) is 1. The number of anilines is 3. The van der Waals surface area contributed by atoms with Gasteiger partial charge in [-0.15, -0.1) is 0 Å². The van der Waals surface area contributed by atoms with Gasteiger partial charge in [-0.25, -0.2) is 0 Å². The van der Waals surface area contributed by atoms with Crippen LogP contribution in [0.1, 0.15) is 18.9 Å². The first kappa shape index (κ1) is 22.5. The molecule has 8 heteroatoms. The van der Waals surface area contributed by atoms with E-state index in [0.717, 1.165) is 49.7 Å². The standard InChI is InChI=1S/C26H32N4O4/c1-3-28-8-10-29(11-9-28)22-6-4-20(14-18(22)2)27-26(32)19-15-25(31)30(17-19)21-5-7-23-24(16-21)34-13-12-33-23/h4-7,14,16,19H,3,8-13,15,17H2,1-2H3,(H,27,32). The number of likely N-dealkylation sites (N-methyl/N-ethyl adjacent to an activating group) is 1. The van der Waals surface area contributed by atoms with Crippen molar-refractivity contribution in [1.29, 1.82) is 0 Å². The van der Waals surface area contributed by atoms with Crippen LogP contribution in [0.2, 0.25) is 0 Å². The van der Waals surface area contributed by atoms with E-state index < -0.39 is 5.92 Å². The molecule has 2 saturated heterocycles. The number of benzene rings is 2. The minimum atomic E-state index is -0.400. The van der Waals surface area contributed by atoms with E-state index in [4.69, 9.17) is 9.47 Å². The van der Waals surface area contributed by atoms with Gasteiger partial charge < -0.3 is 29.5 Å². The molecular formula is C26H32N4O4. The van der Waals surface area contributed by atoms with Crippen LogP contribution in [0.3, 0.4) is 0 Å². The number of piperazine rings is 1. The van der Waals surface area contributed by atoms with E-state index >= 15 is 0 Å². The molecule has 0 bridgehead atoms. The van der Waals surface area contributed by atoms with E-state index in [1.54, 1.807) is 4.90 Å². The minimum absolute atomic E-state index is 0.0606. The highest BCUT2D eigenvalue weighted by molar-refractivity contribution is 6.03. The predicted molar refractivity (Wildman–Crippen MR) is 132 cm³/mol. The van der Waals surface area contributed by atoms with Crippen molar-refractivity contribution in [2.45, 2.75) is 20.3 Å². The smallest absolute Gasteiger partial charge is 0.229 e. The molecule has 2 aromatic rings. The fourth-order valence-electron chi connectivity index (χ4n) is 4.97. The Balaban J connectivity index is 1.22. The fraction of sp³-hybridized carbons (Fsp3) is 0.462. The van der Waals surface area contributed by atoms with Crippen LogP contribution in [-0.4, -0.2) is 69.2 Å². The molecule has 3 heterocycles. The van der Waals surface area contributed by atoms with Gasteiger partial charge >= 0.3 is 0 Å². The summed E-state index contributed by atoms with van der Waals surface area (Å²) in [4.78, 5) is 32.2. The lowest BCUT2D eigenvalue weighted by Crippen LogP contribution is -2.46. The number of hydrogen-bond donors (Lipinski definition) is 1. The molecule has 3 aliphatic heterocycles. The first-order chi connectivity index (χ1) is 16.5. The second-order valence-electron chi connectivity index (χ2n) is 9.15. The van der Waals surface area contributed by atoms with Crippen molar-refractivity contribution in [3.8, 4) is 11.5 Å². The van der Waals surface area contributed by atoms with E-state index in [2.05, 4.69) is 35.0 Å². The molecular weight excluding hydrogens is 432 g/mol. The number of carbonyl (C=O) groups is 2. The molecule has 2 fully saturated rings. The Morgan fingerprint density at radius 2 is 1.79 bits per heavy atom. The maximum Gasteiger partial charge on any atom is 0.229 e. The molecule has 0 saturated carbocycles. The van der Waals surface area contributed by atoms with Gasteiger partial charge in [0.1, 0.15) is 13.2 Å². The van der Waals surface area contributed by atoms with Gasteiger partial charge in [-0.3, -0.25) is 9.59 Å². The van der Waals surface area contributed by atoms with Crippen LogP contribution in [0.5, 0.6) is 11.5 Å². The summed E-state index contributed by atoms with van der Waals surface area (Å²) in [6.07, 6.45) is 0.193. The zero-order valence-corrected chi connectivity index (χ0v) is 19.9. The van der Waals surface area contributed by atoms with Gasteiger partial charge in [0, 0.05) is 62.3 Å². The molecule has 34 heavy (non-hydrogen) atoms. The number of aryl methyl sites for hydroxylation is 1. The highest BCUT2D eigenvalue weighted by Crippen LogP contribution is 2.36. The SMILES string of the molecule is CCN1CCN(c2ccc(NC(=O)C3CC(=O)N(c4ccc5c(c4)OCCO5)C3)cc2C)CC1. The Morgan fingerprint density at radius 1 is 1.03 bits per heavy atom. The van der Waals surface area contributed by atoms with Crippen molar-refractivity contribution in [3.05, 3.63) is 42.0 Å². The summed E-state index contributed by atoms with van der Waals surface area (Å²) in [5.41, 5.74) is 3.86. The fourth-order valence-corrected chi connectivity index (χ4v) is 4.97. The van der Waals surface area contributed by atoms with Crippen molar-refractivity contribution < 1.29 is 19.1 Å². The topological polar surface area (TPSA) is 74.4 Å².